The third-order valence-corrected chi connectivity index (χ3v) is 5.72. The van der Waals surface area contributed by atoms with Crippen molar-refractivity contribution in [2.75, 3.05) is 0 Å². The topological polar surface area (TPSA) is 57.0 Å². The van der Waals surface area contributed by atoms with Crippen molar-refractivity contribution in [2.45, 2.75) is 13.2 Å². The van der Waals surface area contributed by atoms with Crippen molar-refractivity contribution in [3.63, 3.8) is 0 Å². The van der Waals surface area contributed by atoms with Crippen LogP contribution in [0.4, 0.5) is 0 Å². The van der Waals surface area contributed by atoms with Gasteiger partial charge in [0.05, 0.1) is 12.7 Å². The van der Waals surface area contributed by atoms with Gasteiger partial charge in [-0.2, -0.15) is 0 Å². The smallest absolute Gasteiger partial charge is 0.185 e. The maximum atomic E-state index is 12.2. The monoisotopic (exact) mass is 551 g/mol. The highest BCUT2D eigenvalue weighted by Gasteiger charge is 2.04. The maximum Gasteiger partial charge on any atom is 0.185 e. The molecule has 1 aromatic heterocycles. The van der Waals surface area contributed by atoms with Crippen LogP contribution in [0.25, 0.3) is 6.08 Å². The Bertz CT molecular complexity index is 1220. The number of ketones is 1. The zero-order chi connectivity index (χ0) is 22.3. The number of halogens is 2. The molecule has 3 aromatic carbocycles. The van der Waals surface area contributed by atoms with Crippen molar-refractivity contribution < 1.29 is 9.53 Å². The highest BCUT2D eigenvalue weighted by atomic mass is 79.9. The van der Waals surface area contributed by atoms with E-state index in [-0.39, 0.29) is 5.78 Å². The summed E-state index contributed by atoms with van der Waals surface area (Å²) < 4.78 is 9.60. The second-order valence-corrected chi connectivity index (χ2v) is 8.93. The fourth-order valence-corrected chi connectivity index (χ4v) is 3.50. The molecule has 1 heterocycles. The fraction of sp³-hybridized carbons (Fsp3) is 0.0800. The Kier molecular flexibility index (Phi) is 7.29. The van der Waals surface area contributed by atoms with Crippen LogP contribution in [0.1, 0.15) is 27.2 Å². The number of rotatable bonds is 8. The van der Waals surface area contributed by atoms with Crippen LogP contribution in [0.15, 0.2) is 94.0 Å². The lowest BCUT2D eigenvalue weighted by Crippen LogP contribution is -2.00. The molecule has 0 N–H and O–H groups in total. The molecule has 0 fully saturated rings. The lowest BCUT2D eigenvalue weighted by Gasteiger charge is -2.04. The summed E-state index contributed by atoms with van der Waals surface area (Å²) in [5.41, 5.74) is 3.47. The van der Waals surface area contributed by atoms with E-state index < -0.39 is 0 Å². The van der Waals surface area contributed by atoms with Crippen LogP contribution in [0, 0.1) is 0 Å². The zero-order valence-corrected chi connectivity index (χ0v) is 20.2. The molecule has 4 aromatic rings. The van der Waals surface area contributed by atoms with Crippen LogP contribution in [0.2, 0.25) is 0 Å². The van der Waals surface area contributed by atoms with Crippen LogP contribution in [0.3, 0.4) is 0 Å². The molecular weight excluding hydrogens is 534 g/mol. The van der Waals surface area contributed by atoms with Crippen LogP contribution < -0.4 is 4.74 Å². The number of carbonyl (C=O) groups excluding carboxylic acids is 1. The lowest BCUT2D eigenvalue weighted by molar-refractivity contribution is 0.104. The molecule has 0 amide bonds. The van der Waals surface area contributed by atoms with E-state index >= 15 is 0 Å². The molecule has 4 rings (SSSR count). The number of nitrogens with zero attached hydrogens (tertiary/aromatic N) is 3. The maximum absolute atomic E-state index is 12.2. The van der Waals surface area contributed by atoms with Gasteiger partial charge < -0.3 is 4.74 Å². The Balaban J connectivity index is 1.29. The molecule has 7 heteroatoms. The molecule has 0 atom stereocenters. The number of allylic oxidation sites excluding steroid dienone is 1. The standard InChI is InChI=1S/C25H19Br2N3O2/c26-21-8-1-19(2-9-21)15-30-16-23(28-29-30)17-32-24-12-3-18(4-13-24)5-14-25(31)20-6-10-22(27)11-7-20/h1-14,16H,15,17H2/b14-5+. The Morgan fingerprint density at radius 3 is 2.25 bits per heavy atom. The minimum Gasteiger partial charge on any atom is -0.487 e. The third kappa shape index (κ3) is 6.24. The van der Waals surface area contributed by atoms with Gasteiger partial charge in [-0.25, -0.2) is 4.68 Å². The van der Waals surface area contributed by atoms with Crippen molar-refractivity contribution in [1.82, 2.24) is 15.0 Å². The van der Waals surface area contributed by atoms with Crippen molar-refractivity contribution in [3.05, 3.63) is 116 Å². The molecule has 0 saturated carbocycles. The first kappa shape index (κ1) is 22.2. The Morgan fingerprint density at radius 1 is 0.906 bits per heavy atom. The zero-order valence-electron chi connectivity index (χ0n) is 17.0. The predicted octanol–water partition coefficient (Wildman–Crippen LogP) is 6.33. The number of aromatic nitrogens is 3. The molecule has 0 radical (unpaired) electrons. The Hall–Kier alpha value is -3.03. The van der Waals surface area contributed by atoms with Gasteiger partial charge in [0.25, 0.3) is 0 Å². The van der Waals surface area contributed by atoms with Crippen molar-refractivity contribution in [1.29, 1.82) is 0 Å². The summed E-state index contributed by atoms with van der Waals surface area (Å²) in [4.78, 5) is 12.2. The van der Waals surface area contributed by atoms with Gasteiger partial charge in [-0.3, -0.25) is 4.79 Å². The summed E-state index contributed by atoms with van der Waals surface area (Å²) in [6.45, 7) is 0.984. The van der Waals surface area contributed by atoms with E-state index in [0.717, 1.165) is 31.5 Å². The summed E-state index contributed by atoms with van der Waals surface area (Å²) in [6, 6.07) is 23.0. The van der Waals surface area contributed by atoms with Gasteiger partial charge in [0.15, 0.2) is 5.78 Å². The van der Waals surface area contributed by atoms with Gasteiger partial charge in [0.1, 0.15) is 18.1 Å². The second kappa shape index (κ2) is 10.5. The average molecular weight is 553 g/mol. The van der Waals surface area contributed by atoms with Gasteiger partial charge in [-0.05, 0) is 65.7 Å². The van der Waals surface area contributed by atoms with Crippen LogP contribution in [-0.2, 0) is 13.2 Å². The molecular formula is C25H19Br2N3O2. The molecule has 0 aliphatic heterocycles. The minimum atomic E-state index is -0.0379. The molecule has 0 saturated heterocycles. The van der Waals surface area contributed by atoms with Crippen LogP contribution in [-0.4, -0.2) is 20.8 Å². The number of ether oxygens (including phenoxy) is 1. The second-order valence-electron chi connectivity index (χ2n) is 7.10. The summed E-state index contributed by atoms with van der Waals surface area (Å²) in [6.07, 6.45) is 5.25. The highest BCUT2D eigenvalue weighted by Crippen LogP contribution is 2.16. The van der Waals surface area contributed by atoms with E-state index in [1.54, 1.807) is 29.0 Å². The molecule has 0 aliphatic carbocycles. The molecule has 32 heavy (non-hydrogen) atoms. The average Bonchev–Trinajstić information content (AvgIpc) is 3.26. The number of hydrogen-bond donors (Lipinski definition) is 0. The number of carbonyl (C=O) groups is 1. The van der Waals surface area contributed by atoms with Gasteiger partial charge in [0, 0.05) is 14.5 Å². The molecule has 0 bridgehead atoms. The molecule has 0 aliphatic rings. The predicted molar refractivity (Wildman–Crippen MR) is 132 cm³/mol. The Labute approximate surface area is 203 Å². The van der Waals surface area contributed by atoms with Crippen molar-refractivity contribution in [3.8, 4) is 5.75 Å². The van der Waals surface area contributed by atoms with Crippen molar-refractivity contribution >= 4 is 43.7 Å². The number of hydrogen-bond acceptors (Lipinski definition) is 4. The van der Waals surface area contributed by atoms with E-state index in [2.05, 4.69) is 42.2 Å². The molecule has 160 valence electrons. The van der Waals surface area contributed by atoms with E-state index in [1.165, 1.54) is 0 Å². The molecule has 0 spiro atoms. The van der Waals surface area contributed by atoms with Crippen LogP contribution in [0.5, 0.6) is 5.75 Å². The molecule has 0 unspecified atom stereocenters. The van der Waals surface area contributed by atoms with E-state index in [4.69, 9.17) is 4.74 Å². The van der Waals surface area contributed by atoms with E-state index in [9.17, 15) is 4.79 Å². The third-order valence-electron chi connectivity index (χ3n) is 4.67. The van der Waals surface area contributed by atoms with Gasteiger partial charge >= 0.3 is 0 Å². The van der Waals surface area contributed by atoms with E-state index in [1.807, 2.05) is 66.9 Å². The largest absolute Gasteiger partial charge is 0.487 e. The quantitative estimate of drug-likeness (QED) is 0.189. The Morgan fingerprint density at radius 2 is 1.56 bits per heavy atom. The van der Waals surface area contributed by atoms with Gasteiger partial charge in [-0.15, -0.1) is 5.10 Å². The first-order valence-corrected chi connectivity index (χ1v) is 11.5. The summed E-state index contributed by atoms with van der Waals surface area (Å²) >= 11 is 6.81. The lowest BCUT2D eigenvalue weighted by atomic mass is 10.1. The van der Waals surface area contributed by atoms with Gasteiger partial charge in [0.2, 0.25) is 0 Å². The van der Waals surface area contributed by atoms with Gasteiger partial charge in [-0.1, -0.05) is 67.4 Å². The summed E-state index contributed by atoms with van der Waals surface area (Å²) in [7, 11) is 0. The van der Waals surface area contributed by atoms with Crippen molar-refractivity contribution in [2.24, 2.45) is 0 Å². The summed E-state index contributed by atoms with van der Waals surface area (Å²) in [5, 5.41) is 8.33. The first-order valence-electron chi connectivity index (χ1n) is 9.89. The van der Waals surface area contributed by atoms with Crippen LogP contribution >= 0.6 is 31.9 Å². The minimum absolute atomic E-state index is 0.0379. The van der Waals surface area contributed by atoms with E-state index in [0.29, 0.717) is 18.7 Å². The molecule has 5 nitrogen and oxygen atoms in total. The fourth-order valence-electron chi connectivity index (χ4n) is 2.97. The number of benzene rings is 3. The first-order chi connectivity index (χ1) is 15.5. The summed E-state index contributed by atoms with van der Waals surface area (Å²) in [5.74, 6) is 0.688. The highest BCUT2D eigenvalue weighted by molar-refractivity contribution is 9.10. The normalized spacial score (nSPS) is 11.1. The SMILES string of the molecule is O=C(/C=C/c1ccc(OCc2cn(Cc3ccc(Br)cc3)nn2)cc1)c1ccc(Br)cc1.